The summed E-state index contributed by atoms with van der Waals surface area (Å²) in [6.07, 6.45) is 1.00. The van der Waals surface area contributed by atoms with Crippen LogP contribution in [-0.2, 0) is 11.2 Å². The van der Waals surface area contributed by atoms with Gasteiger partial charge in [-0.3, -0.25) is 4.90 Å². The fraction of sp³-hybridized carbons (Fsp3) is 0.600. The third kappa shape index (κ3) is 5.07. The van der Waals surface area contributed by atoms with E-state index in [0.717, 1.165) is 32.7 Å². The van der Waals surface area contributed by atoms with Gasteiger partial charge in [0.2, 0.25) is 0 Å². The summed E-state index contributed by atoms with van der Waals surface area (Å²) >= 11 is 0. The van der Waals surface area contributed by atoms with E-state index in [0.29, 0.717) is 11.8 Å². The van der Waals surface area contributed by atoms with Gasteiger partial charge in [0.15, 0.2) is 0 Å². The maximum Gasteiger partial charge on any atom is 0.115 e. The number of phenolic OH excluding ortho intramolecular Hbond substituents is 1. The minimum absolute atomic E-state index is 0.329. The van der Waals surface area contributed by atoms with Crippen LogP contribution in [0.15, 0.2) is 24.3 Å². The third-order valence-electron chi connectivity index (χ3n) is 3.22. The molecule has 102 valence electrons. The maximum atomic E-state index is 9.26. The molecule has 0 aliphatic carbocycles. The molecule has 0 saturated carbocycles. The number of aromatic hydroxyl groups is 1. The van der Waals surface area contributed by atoms with E-state index < -0.39 is 0 Å². The molecule has 1 aromatic rings. The highest BCUT2D eigenvalue weighted by atomic mass is 16.5. The average molecular weight is 251 g/mol. The van der Waals surface area contributed by atoms with Crippen molar-refractivity contribution in [2.45, 2.75) is 33.2 Å². The van der Waals surface area contributed by atoms with Gasteiger partial charge >= 0.3 is 0 Å². The van der Waals surface area contributed by atoms with Crippen LogP contribution in [0.4, 0.5) is 0 Å². The Hall–Kier alpha value is -1.06. The molecule has 0 saturated heterocycles. The fourth-order valence-electron chi connectivity index (χ4n) is 2.12. The molecule has 0 fully saturated rings. The van der Waals surface area contributed by atoms with Crippen LogP contribution < -0.4 is 0 Å². The van der Waals surface area contributed by atoms with Crippen molar-refractivity contribution in [3.05, 3.63) is 29.8 Å². The Labute approximate surface area is 110 Å². The molecule has 0 spiro atoms. The zero-order valence-corrected chi connectivity index (χ0v) is 11.7. The van der Waals surface area contributed by atoms with E-state index in [2.05, 4.69) is 18.7 Å². The fourth-order valence-corrected chi connectivity index (χ4v) is 2.12. The van der Waals surface area contributed by atoms with Crippen molar-refractivity contribution >= 4 is 0 Å². The normalized spacial score (nSPS) is 12.9. The first-order valence-electron chi connectivity index (χ1n) is 6.77. The number of nitrogens with zero attached hydrogens (tertiary/aromatic N) is 1. The molecule has 0 heterocycles. The summed E-state index contributed by atoms with van der Waals surface area (Å²) in [5.41, 5.74) is 1.26. The second-order valence-corrected chi connectivity index (χ2v) is 4.55. The van der Waals surface area contributed by atoms with E-state index >= 15 is 0 Å². The molecule has 0 aromatic heterocycles. The van der Waals surface area contributed by atoms with Crippen LogP contribution in [0.1, 0.15) is 26.3 Å². The molecule has 0 aliphatic heterocycles. The van der Waals surface area contributed by atoms with Crippen LogP contribution >= 0.6 is 0 Å². The van der Waals surface area contributed by atoms with Gasteiger partial charge in [-0.2, -0.15) is 0 Å². The summed E-state index contributed by atoms with van der Waals surface area (Å²) in [5.74, 6) is 0.329. The number of rotatable bonds is 8. The molecular weight excluding hydrogens is 226 g/mol. The highest BCUT2D eigenvalue weighted by Crippen LogP contribution is 2.13. The highest BCUT2D eigenvalue weighted by Gasteiger charge is 2.12. The molecule has 0 amide bonds. The minimum Gasteiger partial charge on any atom is -0.508 e. The van der Waals surface area contributed by atoms with Crippen LogP contribution in [0.25, 0.3) is 0 Å². The zero-order valence-electron chi connectivity index (χ0n) is 11.7. The van der Waals surface area contributed by atoms with E-state index in [-0.39, 0.29) is 0 Å². The van der Waals surface area contributed by atoms with Gasteiger partial charge in [0.05, 0.1) is 6.61 Å². The Morgan fingerprint density at radius 2 is 1.89 bits per heavy atom. The number of hydrogen-bond acceptors (Lipinski definition) is 3. The lowest BCUT2D eigenvalue weighted by Crippen LogP contribution is -2.37. The van der Waals surface area contributed by atoms with Gasteiger partial charge in [-0.05, 0) is 44.5 Å². The lowest BCUT2D eigenvalue weighted by molar-refractivity contribution is 0.100. The summed E-state index contributed by atoms with van der Waals surface area (Å²) < 4.78 is 5.41. The zero-order chi connectivity index (χ0) is 13.4. The van der Waals surface area contributed by atoms with Crippen molar-refractivity contribution in [1.29, 1.82) is 0 Å². The van der Waals surface area contributed by atoms with Crippen LogP contribution in [0.5, 0.6) is 5.75 Å². The average Bonchev–Trinajstić information content (AvgIpc) is 2.37. The van der Waals surface area contributed by atoms with Gasteiger partial charge < -0.3 is 9.84 Å². The molecule has 0 bridgehead atoms. The molecule has 18 heavy (non-hydrogen) atoms. The molecule has 1 unspecified atom stereocenters. The number of likely N-dealkylation sites (N-methyl/N-ethyl adjacent to an activating group) is 1. The van der Waals surface area contributed by atoms with E-state index in [1.807, 2.05) is 19.1 Å². The molecule has 0 aliphatic rings. The van der Waals surface area contributed by atoms with Crippen LogP contribution in [0.3, 0.4) is 0 Å². The van der Waals surface area contributed by atoms with E-state index in [1.165, 1.54) is 5.56 Å². The van der Waals surface area contributed by atoms with Gasteiger partial charge in [-0.25, -0.2) is 0 Å². The van der Waals surface area contributed by atoms with Crippen LogP contribution in [-0.4, -0.2) is 42.4 Å². The molecule has 1 N–H and O–H groups in total. The van der Waals surface area contributed by atoms with Gasteiger partial charge in [-0.1, -0.05) is 19.1 Å². The predicted molar refractivity (Wildman–Crippen MR) is 75.0 cm³/mol. The highest BCUT2D eigenvalue weighted by molar-refractivity contribution is 5.26. The molecular formula is C15H25NO2. The third-order valence-corrected chi connectivity index (χ3v) is 3.22. The van der Waals surface area contributed by atoms with E-state index in [1.54, 1.807) is 12.1 Å². The van der Waals surface area contributed by atoms with Crippen molar-refractivity contribution < 1.29 is 9.84 Å². The smallest absolute Gasteiger partial charge is 0.115 e. The Morgan fingerprint density at radius 3 is 2.44 bits per heavy atom. The molecule has 3 nitrogen and oxygen atoms in total. The SMILES string of the molecule is CCOCCN(CC)C(C)Cc1ccc(O)cc1. The Morgan fingerprint density at radius 1 is 1.22 bits per heavy atom. The first-order valence-corrected chi connectivity index (χ1v) is 6.77. The summed E-state index contributed by atoms with van der Waals surface area (Å²) in [7, 11) is 0. The molecule has 1 rings (SSSR count). The molecule has 0 radical (unpaired) electrons. The van der Waals surface area contributed by atoms with Crippen molar-refractivity contribution in [3.63, 3.8) is 0 Å². The predicted octanol–water partition coefficient (Wildman–Crippen LogP) is 2.68. The van der Waals surface area contributed by atoms with Crippen LogP contribution in [0, 0.1) is 0 Å². The van der Waals surface area contributed by atoms with Crippen molar-refractivity contribution in [2.75, 3.05) is 26.3 Å². The lowest BCUT2D eigenvalue weighted by atomic mass is 10.1. The second-order valence-electron chi connectivity index (χ2n) is 4.55. The van der Waals surface area contributed by atoms with Gasteiger partial charge in [0.25, 0.3) is 0 Å². The summed E-state index contributed by atoms with van der Waals surface area (Å²) in [6.45, 7) is 10.0. The van der Waals surface area contributed by atoms with Gasteiger partial charge in [0.1, 0.15) is 5.75 Å². The molecule has 1 atom stereocenters. The van der Waals surface area contributed by atoms with E-state index in [9.17, 15) is 5.11 Å². The quantitative estimate of drug-likeness (QED) is 0.721. The summed E-state index contributed by atoms with van der Waals surface area (Å²) in [4.78, 5) is 2.42. The summed E-state index contributed by atoms with van der Waals surface area (Å²) in [5, 5.41) is 9.26. The minimum atomic E-state index is 0.329. The first kappa shape index (κ1) is 15.0. The monoisotopic (exact) mass is 251 g/mol. The largest absolute Gasteiger partial charge is 0.508 e. The maximum absolute atomic E-state index is 9.26. The Bertz CT molecular complexity index is 324. The topological polar surface area (TPSA) is 32.7 Å². The van der Waals surface area contributed by atoms with Crippen molar-refractivity contribution in [3.8, 4) is 5.75 Å². The molecule has 3 heteroatoms. The number of hydrogen-bond donors (Lipinski definition) is 1. The van der Waals surface area contributed by atoms with Gasteiger partial charge in [-0.15, -0.1) is 0 Å². The summed E-state index contributed by atoms with van der Waals surface area (Å²) in [6, 6.07) is 7.96. The number of benzene rings is 1. The van der Waals surface area contributed by atoms with Crippen LogP contribution in [0.2, 0.25) is 0 Å². The van der Waals surface area contributed by atoms with Gasteiger partial charge in [0, 0.05) is 19.2 Å². The first-order chi connectivity index (χ1) is 8.67. The molecule has 1 aromatic carbocycles. The second kappa shape index (κ2) is 8.11. The van der Waals surface area contributed by atoms with E-state index in [4.69, 9.17) is 4.74 Å². The number of phenols is 1. The Kier molecular flexibility index (Phi) is 6.76. The Balaban J connectivity index is 2.45. The lowest BCUT2D eigenvalue weighted by Gasteiger charge is -2.27. The standard InChI is InChI=1S/C15H25NO2/c1-4-16(10-11-18-5-2)13(3)12-14-6-8-15(17)9-7-14/h6-9,13,17H,4-5,10-12H2,1-3H3. The van der Waals surface area contributed by atoms with Crippen molar-refractivity contribution in [2.24, 2.45) is 0 Å². The number of ether oxygens (including phenoxy) is 1. The van der Waals surface area contributed by atoms with Crippen molar-refractivity contribution in [1.82, 2.24) is 4.90 Å².